The summed E-state index contributed by atoms with van der Waals surface area (Å²) in [5, 5.41) is 83.2. The van der Waals surface area contributed by atoms with E-state index in [0.717, 1.165) is 5.56 Å². The first-order valence-corrected chi connectivity index (χ1v) is 9.83. The standard InChI is InChI=1S/C19H29NO11/c21-7-10-12(23)13(24)14(25)17(29-10)30-15-11(8-22)31-19(28,16(15)26)18(27)20-6-9-4-2-1-3-5-9/h1-5,10-18,20-28H,6-8H2/t10-,11-,12+,13+,14-,15-,16+,17?,18?,19+/m1/s1. The molecule has 1 aromatic rings. The van der Waals surface area contributed by atoms with E-state index in [2.05, 4.69) is 5.32 Å². The Bertz CT molecular complexity index is 695. The predicted molar refractivity (Wildman–Crippen MR) is 101 cm³/mol. The van der Waals surface area contributed by atoms with E-state index in [4.69, 9.17) is 14.2 Å². The first kappa shape index (κ1) is 24.4. The summed E-state index contributed by atoms with van der Waals surface area (Å²) in [5.41, 5.74) is 0.783. The van der Waals surface area contributed by atoms with E-state index in [1.165, 1.54) is 0 Å². The molecular weight excluding hydrogens is 418 g/mol. The van der Waals surface area contributed by atoms with E-state index >= 15 is 0 Å². The van der Waals surface area contributed by atoms with Gasteiger partial charge in [0.05, 0.1) is 13.2 Å². The van der Waals surface area contributed by atoms with Crippen molar-refractivity contribution in [3.8, 4) is 0 Å². The smallest absolute Gasteiger partial charge is 0.236 e. The lowest BCUT2D eigenvalue weighted by Crippen LogP contribution is -2.61. The average Bonchev–Trinajstić information content (AvgIpc) is 3.03. The number of aliphatic hydroxyl groups excluding tert-OH is 7. The van der Waals surface area contributed by atoms with Crippen molar-refractivity contribution in [2.45, 2.75) is 67.6 Å². The van der Waals surface area contributed by atoms with Gasteiger partial charge in [0.25, 0.3) is 0 Å². The molecule has 0 bridgehead atoms. The van der Waals surface area contributed by atoms with Gasteiger partial charge in [0.15, 0.2) is 12.5 Å². The van der Waals surface area contributed by atoms with Crippen LogP contribution < -0.4 is 5.32 Å². The Morgan fingerprint density at radius 3 is 2.23 bits per heavy atom. The van der Waals surface area contributed by atoms with Gasteiger partial charge in [0.2, 0.25) is 5.79 Å². The summed E-state index contributed by atoms with van der Waals surface area (Å²) in [7, 11) is 0. The van der Waals surface area contributed by atoms with Crippen molar-refractivity contribution in [3.63, 3.8) is 0 Å². The monoisotopic (exact) mass is 447 g/mol. The third kappa shape index (κ3) is 4.90. The Hall–Kier alpha value is -1.26. The molecule has 3 rings (SSSR count). The maximum absolute atomic E-state index is 10.8. The minimum absolute atomic E-state index is 0.127. The van der Waals surface area contributed by atoms with Crippen molar-refractivity contribution in [2.75, 3.05) is 13.2 Å². The molecule has 0 aromatic heterocycles. The van der Waals surface area contributed by atoms with Crippen LogP contribution in [0.4, 0.5) is 0 Å². The number of ether oxygens (including phenoxy) is 3. The van der Waals surface area contributed by atoms with E-state index in [-0.39, 0.29) is 6.54 Å². The second-order valence-corrected chi connectivity index (χ2v) is 7.60. The summed E-state index contributed by atoms with van der Waals surface area (Å²) >= 11 is 0. The summed E-state index contributed by atoms with van der Waals surface area (Å²) in [6.45, 7) is -1.29. The topological polar surface area (TPSA) is 202 Å². The molecule has 1 aromatic carbocycles. The Morgan fingerprint density at radius 1 is 0.968 bits per heavy atom. The normalized spacial score (nSPS) is 41.9. The Morgan fingerprint density at radius 2 is 1.61 bits per heavy atom. The van der Waals surface area contributed by atoms with Crippen LogP contribution in [0.15, 0.2) is 30.3 Å². The van der Waals surface area contributed by atoms with Crippen LogP contribution in [-0.4, -0.2) is 115 Å². The molecule has 0 aliphatic carbocycles. The van der Waals surface area contributed by atoms with Gasteiger partial charge < -0.3 is 55.1 Å². The van der Waals surface area contributed by atoms with Crippen LogP contribution in [0.2, 0.25) is 0 Å². The lowest BCUT2D eigenvalue weighted by atomic mass is 9.98. The van der Waals surface area contributed by atoms with Crippen LogP contribution in [0.5, 0.6) is 0 Å². The fourth-order valence-electron chi connectivity index (χ4n) is 3.64. The molecule has 2 fully saturated rings. The highest BCUT2D eigenvalue weighted by Crippen LogP contribution is 2.35. The molecule has 2 unspecified atom stereocenters. The quantitative estimate of drug-likeness (QED) is 0.174. The van der Waals surface area contributed by atoms with Gasteiger partial charge in [-0.05, 0) is 5.56 Å². The van der Waals surface area contributed by atoms with Gasteiger partial charge in [-0.25, -0.2) is 0 Å². The molecule has 176 valence electrons. The highest BCUT2D eigenvalue weighted by atomic mass is 16.7. The third-order valence-electron chi connectivity index (χ3n) is 5.50. The molecule has 10 atom stereocenters. The van der Waals surface area contributed by atoms with E-state index in [1.807, 2.05) is 6.07 Å². The zero-order valence-electron chi connectivity index (χ0n) is 16.5. The minimum Gasteiger partial charge on any atom is -0.394 e. The largest absolute Gasteiger partial charge is 0.394 e. The Balaban J connectivity index is 1.70. The molecular formula is C19H29NO11. The Labute approximate surface area is 177 Å². The molecule has 12 nitrogen and oxygen atoms in total. The summed E-state index contributed by atoms with van der Waals surface area (Å²) in [6, 6.07) is 8.93. The van der Waals surface area contributed by atoms with Gasteiger partial charge >= 0.3 is 0 Å². The van der Waals surface area contributed by atoms with Gasteiger partial charge in [-0.3, -0.25) is 5.32 Å². The summed E-state index contributed by atoms with van der Waals surface area (Å²) < 4.78 is 15.9. The SMILES string of the molecule is OC[C@H]1OC(O[C@@H]2[C@@H](CO)O[C@](O)(C(O)NCc3ccccc3)[C@H]2O)[C@H](O)[C@@H](O)[C@H]1O. The number of benzene rings is 1. The molecule has 9 N–H and O–H groups in total. The molecule has 0 spiro atoms. The molecule has 12 heteroatoms. The number of aliphatic hydroxyl groups is 8. The summed E-state index contributed by atoms with van der Waals surface area (Å²) in [4.78, 5) is 0. The average molecular weight is 447 g/mol. The highest BCUT2D eigenvalue weighted by Gasteiger charge is 2.60. The van der Waals surface area contributed by atoms with Crippen molar-refractivity contribution >= 4 is 0 Å². The van der Waals surface area contributed by atoms with E-state index < -0.39 is 74.2 Å². The molecule has 0 radical (unpaired) electrons. The maximum Gasteiger partial charge on any atom is 0.236 e. The lowest BCUT2D eigenvalue weighted by molar-refractivity contribution is -0.319. The number of rotatable bonds is 8. The predicted octanol–water partition coefficient (Wildman–Crippen LogP) is -4.28. The van der Waals surface area contributed by atoms with Crippen LogP contribution in [0.1, 0.15) is 5.56 Å². The van der Waals surface area contributed by atoms with Crippen LogP contribution in [0, 0.1) is 0 Å². The number of hydrogen-bond acceptors (Lipinski definition) is 12. The zero-order chi connectivity index (χ0) is 22.8. The van der Waals surface area contributed by atoms with E-state index in [9.17, 15) is 40.9 Å². The number of nitrogens with one attached hydrogen (secondary N) is 1. The van der Waals surface area contributed by atoms with Crippen molar-refractivity contribution < 1.29 is 55.1 Å². The van der Waals surface area contributed by atoms with Gasteiger partial charge in [-0.1, -0.05) is 30.3 Å². The molecule has 31 heavy (non-hydrogen) atoms. The first-order chi connectivity index (χ1) is 14.7. The van der Waals surface area contributed by atoms with Crippen LogP contribution in [0.3, 0.4) is 0 Å². The Kier molecular flexibility index (Phi) is 7.96. The van der Waals surface area contributed by atoms with Gasteiger partial charge in [-0.2, -0.15) is 0 Å². The van der Waals surface area contributed by atoms with E-state index in [1.54, 1.807) is 24.3 Å². The number of hydrogen-bond donors (Lipinski definition) is 9. The van der Waals surface area contributed by atoms with E-state index in [0.29, 0.717) is 0 Å². The molecule has 2 saturated heterocycles. The van der Waals surface area contributed by atoms with Gasteiger partial charge in [-0.15, -0.1) is 0 Å². The summed E-state index contributed by atoms with van der Waals surface area (Å²) in [5.74, 6) is -2.58. The molecule has 2 aliphatic rings. The van der Waals surface area contributed by atoms with Gasteiger partial charge in [0.1, 0.15) is 42.7 Å². The molecule has 0 amide bonds. The van der Waals surface area contributed by atoms with Crippen molar-refractivity contribution in [2.24, 2.45) is 0 Å². The summed E-state index contributed by atoms with van der Waals surface area (Å²) in [6.07, 6.45) is -14.5. The van der Waals surface area contributed by atoms with Crippen molar-refractivity contribution in [3.05, 3.63) is 35.9 Å². The van der Waals surface area contributed by atoms with Gasteiger partial charge in [0, 0.05) is 6.54 Å². The minimum atomic E-state index is -2.58. The third-order valence-corrected chi connectivity index (χ3v) is 5.50. The lowest BCUT2D eigenvalue weighted by Gasteiger charge is -2.41. The molecule has 2 heterocycles. The van der Waals surface area contributed by atoms with Crippen molar-refractivity contribution in [1.29, 1.82) is 0 Å². The first-order valence-electron chi connectivity index (χ1n) is 9.83. The van der Waals surface area contributed by atoms with Crippen LogP contribution >= 0.6 is 0 Å². The zero-order valence-corrected chi connectivity index (χ0v) is 16.5. The highest BCUT2D eigenvalue weighted by molar-refractivity contribution is 5.14. The fraction of sp³-hybridized carbons (Fsp3) is 0.684. The van der Waals surface area contributed by atoms with Crippen LogP contribution in [0.25, 0.3) is 0 Å². The second kappa shape index (κ2) is 10.1. The fourth-order valence-corrected chi connectivity index (χ4v) is 3.64. The maximum atomic E-state index is 10.8. The second-order valence-electron chi connectivity index (χ2n) is 7.60. The molecule has 2 aliphatic heterocycles. The molecule has 0 saturated carbocycles. The van der Waals surface area contributed by atoms with Crippen molar-refractivity contribution in [1.82, 2.24) is 5.32 Å². The van der Waals surface area contributed by atoms with Crippen LogP contribution in [-0.2, 0) is 20.8 Å².